The largest absolute Gasteiger partial charge is 0.477 e. The summed E-state index contributed by atoms with van der Waals surface area (Å²) in [5.41, 5.74) is 6.62. The summed E-state index contributed by atoms with van der Waals surface area (Å²) in [5, 5.41) is 9.44. The first-order valence-electron chi connectivity index (χ1n) is 7.47. The first kappa shape index (κ1) is 12.1. The van der Waals surface area contributed by atoms with Gasteiger partial charge in [-0.1, -0.05) is 0 Å². The van der Waals surface area contributed by atoms with E-state index in [1.807, 2.05) is 0 Å². The van der Waals surface area contributed by atoms with Gasteiger partial charge in [0, 0.05) is 5.92 Å². The van der Waals surface area contributed by atoms with Gasteiger partial charge in [-0.25, -0.2) is 14.8 Å². The predicted octanol–water partition coefficient (Wildman–Crippen LogP) is 2.30. The predicted molar refractivity (Wildman–Crippen MR) is 73.2 cm³/mol. The fraction of sp³-hybridized carbons (Fsp3) is 0.667. The number of hydrogen-bond donors (Lipinski definition) is 2. The van der Waals surface area contributed by atoms with Crippen molar-refractivity contribution < 1.29 is 9.90 Å². The molecule has 1 heterocycles. The maximum absolute atomic E-state index is 11.5. The zero-order valence-corrected chi connectivity index (χ0v) is 11.3. The van der Waals surface area contributed by atoms with Crippen molar-refractivity contribution in [3.05, 3.63) is 17.6 Å². The summed E-state index contributed by atoms with van der Waals surface area (Å²) in [6.45, 7) is 0. The molecule has 0 saturated heterocycles. The van der Waals surface area contributed by atoms with E-state index in [1.165, 1.54) is 38.4 Å². The number of hydrogen-bond acceptors (Lipinski definition) is 4. The smallest absolute Gasteiger partial charge is 0.341 e. The summed E-state index contributed by atoms with van der Waals surface area (Å²) in [4.78, 5) is 19.7. The Labute approximate surface area is 117 Å². The molecular formula is C15H19N3O2. The van der Waals surface area contributed by atoms with Gasteiger partial charge in [-0.05, 0) is 55.8 Å². The molecule has 5 rings (SSSR count). The van der Waals surface area contributed by atoms with Crippen LogP contribution in [-0.4, -0.2) is 21.0 Å². The number of aromatic nitrogens is 2. The second kappa shape index (κ2) is 4.17. The van der Waals surface area contributed by atoms with E-state index in [0.29, 0.717) is 17.5 Å². The Balaban J connectivity index is 1.78. The van der Waals surface area contributed by atoms with Crippen molar-refractivity contribution in [2.45, 2.75) is 38.0 Å². The first-order valence-corrected chi connectivity index (χ1v) is 7.47. The van der Waals surface area contributed by atoms with Crippen LogP contribution >= 0.6 is 0 Å². The summed E-state index contributed by atoms with van der Waals surface area (Å²) < 4.78 is 0. The maximum Gasteiger partial charge on any atom is 0.341 e. The second-order valence-corrected chi connectivity index (χ2v) is 6.78. The fourth-order valence-electron chi connectivity index (χ4n) is 5.26. The monoisotopic (exact) mass is 273 g/mol. The third kappa shape index (κ3) is 1.65. The lowest BCUT2D eigenvalue weighted by molar-refractivity contribution is -0.00456. The zero-order valence-electron chi connectivity index (χ0n) is 11.3. The quantitative estimate of drug-likeness (QED) is 0.863. The van der Waals surface area contributed by atoms with Crippen molar-refractivity contribution in [2.75, 3.05) is 5.73 Å². The van der Waals surface area contributed by atoms with Crippen LogP contribution in [0.4, 0.5) is 5.82 Å². The van der Waals surface area contributed by atoms with E-state index in [1.54, 1.807) is 0 Å². The van der Waals surface area contributed by atoms with E-state index in [2.05, 4.69) is 9.97 Å². The first-order chi connectivity index (χ1) is 9.63. The molecular weight excluding hydrogens is 254 g/mol. The van der Waals surface area contributed by atoms with Crippen LogP contribution in [0, 0.1) is 23.7 Å². The Morgan fingerprint density at radius 3 is 2.25 bits per heavy atom. The van der Waals surface area contributed by atoms with E-state index < -0.39 is 5.97 Å². The molecule has 4 fully saturated rings. The van der Waals surface area contributed by atoms with Crippen molar-refractivity contribution in [1.82, 2.24) is 9.97 Å². The maximum atomic E-state index is 11.5. The van der Waals surface area contributed by atoms with Gasteiger partial charge in [0.05, 0.1) is 5.69 Å². The molecule has 5 heteroatoms. The molecule has 4 saturated carbocycles. The summed E-state index contributed by atoms with van der Waals surface area (Å²) in [6, 6.07) is 0. The fourth-order valence-corrected chi connectivity index (χ4v) is 5.26. The van der Waals surface area contributed by atoms with E-state index in [4.69, 9.17) is 5.73 Å². The third-order valence-corrected chi connectivity index (χ3v) is 5.66. The van der Waals surface area contributed by atoms with Crippen LogP contribution in [0.3, 0.4) is 0 Å². The van der Waals surface area contributed by atoms with Crippen molar-refractivity contribution in [1.29, 1.82) is 0 Å². The Bertz CT molecular complexity index is 544. The number of anilines is 1. The molecule has 106 valence electrons. The molecule has 0 radical (unpaired) electrons. The highest BCUT2D eigenvalue weighted by molar-refractivity contribution is 5.93. The highest BCUT2D eigenvalue weighted by Crippen LogP contribution is 2.59. The number of nitrogens with zero attached hydrogens (tertiary/aromatic N) is 2. The Morgan fingerprint density at radius 1 is 1.10 bits per heavy atom. The summed E-state index contributed by atoms with van der Waals surface area (Å²) in [5.74, 6) is 2.31. The van der Waals surface area contributed by atoms with Crippen LogP contribution in [0.25, 0.3) is 0 Å². The van der Waals surface area contributed by atoms with Gasteiger partial charge in [0.15, 0.2) is 0 Å². The van der Waals surface area contributed by atoms with Gasteiger partial charge in [0.1, 0.15) is 17.7 Å². The van der Waals surface area contributed by atoms with Crippen LogP contribution in [0.1, 0.15) is 54.1 Å². The van der Waals surface area contributed by atoms with E-state index in [-0.39, 0.29) is 17.3 Å². The molecule has 4 bridgehead atoms. The zero-order chi connectivity index (χ0) is 13.9. The van der Waals surface area contributed by atoms with Crippen LogP contribution in [0.5, 0.6) is 0 Å². The normalized spacial score (nSPS) is 38.1. The number of nitrogens with two attached hydrogens (primary N) is 1. The Hall–Kier alpha value is -1.65. The van der Waals surface area contributed by atoms with Gasteiger partial charge in [0.2, 0.25) is 0 Å². The lowest BCUT2D eigenvalue weighted by atomic mass is 9.51. The van der Waals surface area contributed by atoms with Gasteiger partial charge >= 0.3 is 5.97 Å². The average molecular weight is 273 g/mol. The van der Waals surface area contributed by atoms with Crippen LogP contribution in [-0.2, 0) is 0 Å². The molecule has 4 aliphatic rings. The number of nitrogen functional groups attached to an aromatic ring is 1. The topological polar surface area (TPSA) is 89.1 Å². The molecule has 0 amide bonds. The molecule has 5 nitrogen and oxygen atoms in total. The van der Waals surface area contributed by atoms with Crippen LogP contribution < -0.4 is 5.73 Å². The molecule has 3 N–H and O–H groups in total. The van der Waals surface area contributed by atoms with Gasteiger partial charge in [-0.2, -0.15) is 0 Å². The van der Waals surface area contributed by atoms with Crippen molar-refractivity contribution in [2.24, 2.45) is 23.7 Å². The Kier molecular flexibility index (Phi) is 2.53. The highest BCUT2D eigenvalue weighted by Gasteiger charge is 2.50. The third-order valence-electron chi connectivity index (χ3n) is 5.66. The molecule has 0 atom stereocenters. The number of rotatable bonds is 2. The number of aromatic carboxylic acids is 1. The van der Waals surface area contributed by atoms with Gasteiger partial charge in [0.25, 0.3) is 0 Å². The molecule has 0 unspecified atom stereocenters. The lowest BCUT2D eigenvalue weighted by Gasteiger charge is -2.54. The minimum Gasteiger partial charge on any atom is -0.477 e. The highest BCUT2D eigenvalue weighted by atomic mass is 16.4. The summed E-state index contributed by atoms with van der Waals surface area (Å²) >= 11 is 0. The minimum atomic E-state index is -0.994. The molecule has 0 aromatic carbocycles. The minimum absolute atomic E-state index is 0.108. The molecule has 4 aliphatic carbocycles. The van der Waals surface area contributed by atoms with Crippen molar-refractivity contribution in [3.8, 4) is 0 Å². The number of carboxylic acid groups (broad SMARTS) is 1. The molecule has 20 heavy (non-hydrogen) atoms. The van der Waals surface area contributed by atoms with Crippen LogP contribution in [0.15, 0.2) is 6.33 Å². The average Bonchev–Trinajstić information content (AvgIpc) is 2.36. The van der Waals surface area contributed by atoms with Gasteiger partial charge in [-0.15, -0.1) is 0 Å². The molecule has 1 aromatic rings. The van der Waals surface area contributed by atoms with E-state index in [9.17, 15) is 9.90 Å². The van der Waals surface area contributed by atoms with Gasteiger partial charge < -0.3 is 10.8 Å². The Morgan fingerprint density at radius 2 is 1.70 bits per heavy atom. The summed E-state index contributed by atoms with van der Waals surface area (Å²) in [6.07, 6.45) is 7.75. The SMILES string of the molecule is Nc1ncnc(C2C3CC4CC(C3)CC2C4)c1C(=O)O. The molecule has 0 spiro atoms. The second-order valence-electron chi connectivity index (χ2n) is 6.78. The number of carboxylic acids is 1. The molecule has 0 aliphatic heterocycles. The summed E-state index contributed by atoms with van der Waals surface area (Å²) in [7, 11) is 0. The van der Waals surface area contributed by atoms with Crippen molar-refractivity contribution in [3.63, 3.8) is 0 Å². The van der Waals surface area contributed by atoms with E-state index >= 15 is 0 Å². The van der Waals surface area contributed by atoms with E-state index in [0.717, 1.165) is 11.8 Å². The number of carbonyl (C=O) groups is 1. The lowest BCUT2D eigenvalue weighted by Crippen LogP contribution is -2.44. The van der Waals surface area contributed by atoms with Crippen molar-refractivity contribution >= 4 is 11.8 Å². The standard InChI is InChI=1S/C15H19N3O2/c16-14-12(15(19)20)13(17-6-18-14)11-9-2-7-1-8(4-9)5-10(11)3-7/h6-11H,1-5H2,(H,19,20)(H2,16,17,18). The molecule has 1 aromatic heterocycles. The van der Waals surface area contributed by atoms with Crippen LogP contribution in [0.2, 0.25) is 0 Å². The van der Waals surface area contributed by atoms with Gasteiger partial charge in [-0.3, -0.25) is 0 Å².